The Hall–Kier alpha value is -1.33. The van der Waals surface area contributed by atoms with Gasteiger partial charge in [-0.3, -0.25) is 4.90 Å². The monoisotopic (exact) mass is 216 g/mol. The van der Waals surface area contributed by atoms with Crippen LogP contribution in [0.3, 0.4) is 0 Å². The van der Waals surface area contributed by atoms with E-state index in [-0.39, 0.29) is 6.04 Å². The summed E-state index contributed by atoms with van der Waals surface area (Å²) >= 11 is 0. The first-order chi connectivity index (χ1) is 7.76. The molecule has 0 bridgehead atoms. The summed E-state index contributed by atoms with van der Waals surface area (Å²) < 4.78 is 0. The van der Waals surface area contributed by atoms with Gasteiger partial charge < -0.3 is 0 Å². The molecule has 0 aromatic heterocycles. The summed E-state index contributed by atoms with van der Waals surface area (Å²) in [5, 5.41) is 9.25. The standard InChI is InChI=1S/C14H20N2/c1-4-12-7-9-13(10-8-12)14(11-15)16(5-2)6-3/h7-10,14H,4-6H2,1-3H3/t14-/m0/s1. The Labute approximate surface area is 98.5 Å². The minimum atomic E-state index is -0.110. The van der Waals surface area contributed by atoms with Crippen LogP contribution in [0.1, 0.15) is 37.9 Å². The van der Waals surface area contributed by atoms with Gasteiger partial charge in [-0.05, 0) is 30.6 Å². The summed E-state index contributed by atoms with van der Waals surface area (Å²) in [5.74, 6) is 0. The fourth-order valence-electron chi connectivity index (χ4n) is 1.89. The third kappa shape index (κ3) is 2.84. The van der Waals surface area contributed by atoms with Crippen LogP contribution in [0.5, 0.6) is 0 Å². The van der Waals surface area contributed by atoms with Crippen molar-refractivity contribution in [2.45, 2.75) is 33.2 Å². The lowest BCUT2D eigenvalue weighted by Crippen LogP contribution is -2.27. The van der Waals surface area contributed by atoms with E-state index in [1.165, 1.54) is 5.56 Å². The molecule has 2 nitrogen and oxygen atoms in total. The summed E-state index contributed by atoms with van der Waals surface area (Å²) in [7, 11) is 0. The van der Waals surface area contributed by atoms with Gasteiger partial charge in [-0.2, -0.15) is 5.26 Å². The molecule has 0 N–H and O–H groups in total. The van der Waals surface area contributed by atoms with Crippen molar-refractivity contribution in [1.82, 2.24) is 4.90 Å². The normalized spacial score (nSPS) is 12.4. The average molecular weight is 216 g/mol. The zero-order valence-electron chi connectivity index (χ0n) is 10.4. The number of nitrogens with zero attached hydrogens (tertiary/aromatic N) is 2. The maximum atomic E-state index is 9.25. The van der Waals surface area contributed by atoms with E-state index >= 15 is 0 Å². The Bertz CT molecular complexity index is 344. The van der Waals surface area contributed by atoms with Crippen LogP contribution >= 0.6 is 0 Å². The summed E-state index contributed by atoms with van der Waals surface area (Å²) in [6.45, 7) is 8.14. The van der Waals surface area contributed by atoms with Crippen LogP contribution in [-0.2, 0) is 6.42 Å². The highest BCUT2D eigenvalue weighted by atomic mass is 15.1. The van der Waals surface area contributed by atoms with Gasteiger partial charge in [-0.1, -0.05) is 45.0 Å². The van der Waals surface area contributed by atoms with E-state index < -0.39 is 0 Å². The van der Waals surface area contributed by atoms with Crippen molar-refractivity contribution in [2.75, 3.05) is 13.1 Å². The van der Waals surface area contributed by atoms with Crippen molar-refractivity contribution in [3.63, 3.8) is 0 Å². The van der Waals surface area contributed by atoms with Gasteiger partial charge in [0.1, 0.15) is 6.04 Å². The van der Waals surface area contributed by atoms with Crippen molar-refractivity contribution in [2.24, 2.45) is 0 Å². The highest BCUT2D eigenvalue weighted by molar-refractivity contribution is 5.28. The zero-order chi connectivity index (χ0) is 12.0. The van der Waals surface area contributed by atoms with Crippen molar-refractivity contribution in [3.05, 3.63) is 35.4 Å². The van der Waals surface area contributed by atoms with E-state index in [2.05, 4.69) is 56.0 Å². The van der Waals surface area contributed by atoms with Crippen LogP contribution in [0.25, 0.3) is 0 Å². The van der Waals surface area contributed by atoms with Crippen LogP contribution in [-0.4, -0.2) is 18.0 Å². The minimum Gasteiger partial charge on any atom is -0.285 e. The number of hydrogen-bond acceptors (Lipinski definition) is 2. The molecule has 0 aliphatic carbocycles. The summed E-state index contributed by atoms with van der Waals surface area (Å²) in [6, 6.07) is 10.7. The quantitative estimate of drug-likeness (QED) is 0.756. The lowest BCUT2D eigenvalue weighted by atomic mass is 10.0. The van der Waals surface area contributed by atoms with Crippen molar-refractivity contribution in [1.29, 1.82) is 5.26 Å². The van der Waals surface area contributed by atoms with Gasteiger partial charge in [0.05, 0.1) is 6.07 Å². The SMILES string of the molecule is CCc1ccc([C@H](C#N)N(CC)CC)cc1. The van der Waals surface area contributed by atoms with Gasteiger partial charge in [-0.25, -0.2) is 0 Å². The molecule has 0 fully saturated rings. The highest BCUT2D eigenvalue weighted by Gasteiger charge is 2.16. The minimum absolute atomic E-state index is 0.110. The van der Waals surface area contributed by atoms with E-state index in [1.54, 1.807) is 0 Å². The van der Waals surface area contributed by atoms with Gasteiger partial charge in [-0.15, -0.1) is 0 Å². The van der Waals surface area contributed by atoms with Crippen LogP contribution in [0, 0.1) is 11.3 Å². The first-order valence-corrected chi connectivity index (χ1v) is 5.99. The molecule has 86 valence electrons. The first-order valence-electron chi connectivity index (χ1n) is 5.99. The van der Waals surface area contributed by atoms with Crippen LogP contribution < -0.4 is 0 Å². The third-order valence-corrected chi connectivity index (χ3v) is 3.00. The van der Waals surface area contributed by atoms with Crippen LogP contribution in [0.4, 0.5) is 0 Å². The molecule has 1 rings (SSSR count). The van der Waals surface area contributed by atoms with Gasteiger partial charge in [0.15, 0.2) is 0 Å². The van der Waals surface area contributed by atoms with Crippen molar-refractivity contribution < 1.29 is 0 Å². The molecule has 0 aliphatic rings. The Balaban J connectivity index is 2.91. The Kier molecular flexibility index (Phi) is 5.01. The molecule has 0 saturated carbocycles. The van der Waals surface area contributed by atoms with Crippen LogP contribution in [0.15, 0.2) is 24.3 Å². The number of aryl methyl sites for hydroxylation is 1. The molecule has 0 spiro atoms. The average Bonchev–Trinajstić information content (AvgIpc) is 2.36. The Morgan fingerprint density at radius 1 is 1.12 bits per heavy atom. The summed E-state index contributed by atoms with van der Waals surface area (Å²) in [5.41, 5.74) is 2.42. The number of rotatable bonds is 5. The fourth-order valence-corrected chi connectivity index (χ4v) is 1.89. The van der Waals surface area contributed by atoms with Gasteiger partial charge in [0.25, 0.3) is 0 Å². The summed E-state index contributed by atoms with van der Waals surface area (Å²) in [4.78, 5) is 2.17. The molecular formula is C14H20N2. The predicted octanol–water partition coefficient (Wildman–Crippen LogP) is 3.16. The zero-order valence-corrected chi connectivity index (χ0v) is 10.4. The van der Waals surface area contributed by atoms with E-state index in [0.717, 1.165) is 25.1 Å². The van der Waals surface area contributed by atoms with E-state index in [9.17, 15) is 5.26 Å². The van der Waals surface area contributed by atoms with Gasteiger partial charge in [0, 0.05) is 0 Å². The molecule has 16 heavy (non-hydrogen) atoms. The Morgan fingerprint density at radius 2 is 1.69 bits per heavy atom. The molecule has 1 aromatic carbocycles. The van der Waals surface area contributed by atoms with Crippen molar-refractivity contribution in [3.8, 4) is 6.07 Å². The first kappa shape index (κ1) is 12.7. The second-order valence-corrected chi connectivity index (χ2v) is 3.85. The molecule has 1 aromatic rings. The number of benzene rings is 1. The molecule has 0 radical (unpaired) electrons. The molecular weight excluding hydrogens is 196 g/mol. The molecule has 0 saturated heterocycles. The molecule has 0 heterocycles. The second kappa shape index (κ2) is 6.30. The molecule has 0 amide bonds. The van der Waals surface area contributed by atoms with Gasteiger partial charge >= 0.3 is 0 Å². The fraction of sp³-hybridized carbons (Fsp3) is 0.500. The molecule has 1 atom stereocenters. The van der Waals surface area contributed by atoms with E-state index in [1.807, 2.05) is 0 Å². The lowest BCUT2D eigenvalue weighted by Gasteiger charge is -2.24. The largest absolute Gasteiger partial charge is 0.285 e. The lowest BCUT2D eigenvalue weighted by molar-refractivity contribution is 0.262. The number of nitriles is 1. The molecule has 0 aliphatic heterocycles. The van der Waals surface area contributed by atoms with Gasteiger partial charge in [0.2, 0.25) is 0 Å². The van der Waals surface area contributed by atoms with E-state index in [4.69, 9.17) is 0 Å². The summed E-state index contributed by atoms with van der Waals surface area (Å²) in [6.07, 6.45) is 1.04. The topological polar surface area (TPSA) is 27.0 Å². The number of hydrogen-bond donors (Lipinski definition) is 0. The predicted molar refractivity (Wildman–Crippen MR) is 67.1 cm³/mol. The van der Waals surface area contributed by atoms with Crippen LogP contribution in [0.2, 0.25) is 0 Å². The second-order valence-electron chi connectivity index (χ2n) is 3.85. The maximum Gasteiger partial charge on any atom is 0.123 e. The highest BCUT2D eigenvalue weighted by Crippen LogP contribution is 2.20. The smallest absolute Gasteiger partial charge is 0.123 e. The van der Waals surface area contributed by atoms with Crippen molar-refractivity contribution >= 4 is 0 Å². The molecule has 2 heteroatoms. The maximum absolute atomic E-state index is 9.25. The Morgan fingerprint density at radius 3 is 2.06 bits per heavy atom. The third-order valence-electron chi connectivity index (χ3n) is 3.00. The van der Waals surface area contributed by atoms with E-state index in [0.29, 0.717) is 0 Å². The molecule has 0 unspecified atom stereocenters.